The summed E-state index contributed by atoms with van der Waals surface area (Å²) >= 11 is 0. The molecule has 0 fully saturated rings. The van der Waals surface area contributed by atoms with E-state index in [1.807, 2.05) is 0 Å². The molecule has 0 bridgehead atoms. The molecular weight excluding hydrogens is 464 g/mol. The minimum absolute atomic E-state index is 0.0160. The Morgan fingerprint density at radius 1 is 0.694 bits per heavy atom. The number of phenols is 2. The van der Waals surface area contributed by atoms with E-state index in [1.165, 1.54) is 24.3 Å². The predicted octanol–water partition coefficient (Wildman–Crippen LogP) is 3.08. The summed E-state index contributed by atoms with van der Waals surface area (Å²) in [5.41, 5.74) is 9.25. The SMILES string of the molecule is CCCCCCCC(CCC(=O)NNC(=O)c1ccccc1O)C(=O)NNC(=O)c1ccccc1O. The zero-order valence-electron chi connectivity index (χ0n) is 20.4. The van der Waals surface area contributed by atoms with E-state index in [1.54, 1.807) is 24.3 Å². The number of amides is 4. The van der Waals surface area contributed by atoms with Crippen molar-refractivity contribution in [3.05, 3.63) is 59.7 Å². The van der Waals surface area contributed by atoms with E-state index >= 15 is 0 Å². The molecule has 0 saturated carbocycles. The Hall–Kier alpha value is -4.08. The molecule has 0 aliphatic carbocycles. The van der Waals surface area contributed by atoms with Crippen LogP contribution in [0.15, 0.2) is 48.5 Å². The van der Waals surface area contributed by atoms with Gasteiger partial charge in [0.25, 0.3) is 11.8 Å². The van der Waals surface area contributed by atoms with Crippen LogP contribution in [0.3, 0.4) is 0 Å². The average Bonchev–Trinajstić information content (AvgIpc) is 2.87. The Labute approximate surface area is 210 Å². The Morgan fingerprint density at radius 2 is 1.22 bits per heavy atom. The zero-order chi connectivity index (χ0) is 26.3. The van der Waals surface area contributed by atoms with Gasteiger partial charge in [0.1, 0.15) is 11.5 Å². The molecule has 0 spiro atoms. The van der Waals surface area contributed by atoms with Gasteiger partial charge in [-0.05, 0) is 37.1 Å². The lowest BCUT2D eigenvalue weighted by atomic mass is 9.95. The number of carbonyl (C=O) groups is 4. The van der Waals surface area contributed by atoms with Crippen LogP contribution in [0.1, 0.15) is 79.0 Å². The Balaban J connectivity index is 1.88. The van der Waals surface area contributed by atoms with E-state index in [0.29, 0.717) is 6.42 Å². The van der Waals surface area contributed by atoms with Gasteiger partial charge in [0.05, 0.1) is 11.1 Å². The number of nitrogens with one attached hydrogen (secondary N) is 4. The number of benzene rings is 2. The van der Waals surface area contributed by atoms with Gasteiger partial charge in [-0.1, -0.05) is 63.3 Å². The molecule has 4 amide bonds. The number of hydrogen-bond donors (Lipinski definition) is 6. The second kappa shape index (κ2) is 15.0. The van der Waals surface area contributed by atoms with Crippen molar-refractivity contribution in [3.63, 3.8) is 0 Å². The van der Waals surface area contributed by atoms with Crippen molar-refractivity contribution in [2.75, 3.05) is 0 Å². The van der Waals surface area contributed by atoms with Crippen LogP contribution >= 0.6 is 0 Å². The van der Waals surface area contributed by atoms with E-state index < -0.39 is 29.5 Å². The fourth-order valence-electron chi connectivity index (χ4n) is 3.58. The van der Waals surface area contributed by atoms with E-state index in [4.69, 9.17) is 0 Å². The first-order valence-electron chi connectivity index (χ1n) is 12.1. The first kappa shape index (κ1) is 28.2. The van der Waals surface area contributed by atoms with Crippen molar-refractivity contribution in [3.8, 4) is 11.5 Å². The quantitative estimate of drug-likeness (QED) is 0.195. The molecule has 2 aromatic carbocycles. The van der Waals surface area contributed by atoms with Gasteiger partial charge in [0.2, 0.25) is 11.8 Å². The molecule has 10 heteroatoms. The summed E-state index contributed by atoms with van der Waals surface area (Å²) in [7, 11) is 0. The van der Waals surface area contributed by atoms with Gasteiger partial charge in [-0.15, -0.1) is 0 Å². The molecule has 0 aliphatic rings. The van der Waals surface area contributed by atoms with Gasteiger partial charge < -0.3 is 10.2 Å². The largest absolute Gasteiger partial charge is 0.507 e. The summed E-state index contributed by atoms with van der Waals surface area (Å²) in [4.78, 5) is 49.4. The molecule has 36 heavy (non-hydrogen) atoms. The topological polar surface area (TPSA) is 157 Å². The fraction of sp³-hybridized carbons (Fsp3) is 0.385. The monoisotopic (exact) mass is 498 g/mol. The highest BCUT2D eigenvalue weighted by atomic mass is 16.3. The number of rotatable bonds is 12. The molecule has 0 aromatic heterocycles. The van der Waals surface area contributed by atoms with Crippen LogP contribution in [0.5, 0.6) is 11.5 Å². The molecule has 2 aromatic rings. The highest BCUT2D eigenvalue weighted by Crippen LogP contribution is 2.18. The molecule has 10 nitrogen and oxygen atoms in total. The standard InChI is InChI=1S/C26H34N4O6/c1-2-3-4-5-6-11-18(24(34)28-30-26(36)20-13-8-10-15-22(20)32)16-17-23(33)27-29-25(35)19-12-7-9-14-21(19)31/h7-10,12-15,18,31-32H,2-6,11,16-17H2,1H3,(H,27,33)(H,28,34)(H,29,35)(H,30,36). The molecule has 1 unspecified atom stereocenters. The summed E-state index contributed by atoms with van der Waals surface area (Å²) in [6.07, 6.45) is 5.67. The second-order valence-electron chi connectivity index (χ2n) is 8.42. The first-order valence-corrected chi connectivity index (χ1v) is 12.1. The van der Waals surface area contributed by atoms with Gasteiger partial charge in [0, 0.05) is 12.3 Å². The van der Waals surface area contributed by atoms with Crippen molar-refractivity contribution in [2.45, 2.75) is 58.3 Å². The molecule has 0 radical (unpaired) electrons. The number of hydrazine groups is 2. The van der Waals surface area contributed by atoms with Crippen molar-refractivity contribution in [1.29, 1.82) is 0 Å². The van der Waals surface area contributed by atoms with E-state index in [2.05, 4.69) is 28.6 Å². The number of aromatic hydroxyl groups is 2. The van der Waals surface area contributed by atoms with Gasteiger partial charge in [-0.3, -0.25) is 40.9 Å². The summed E-state index contributed by atoms with van der Waals surface area (Å²) in [6, 6.07) is 11.9. The minimum Gasteiger partial charge on any atom is -0.507 e. The van der Waals surface area contributed by atoms with Crippen LogP contribution in [0.2, 0.25) is 0 Å². The molecular formula is C26H34N4O6. The number of unbranched alkanes of at least 4 members (excludes halogenated alkanes) is 4. The van der Waals surface area contributed by atoms with E-state index in [0.717, 1.165) is 32.1 Å². The number of phenolic OH excluding ortho intramolecular Hbond substituents is 2. The lowest BCUT2D eigenvalue weighted by Crippen LogP contribution is -2.45. The third-order valence-corrected chi connectivity index (χ3v) is 5.66. The maximum atomic E-state index is 12.8. The van der Waals surface area contributed by atoms with Gasteiger partial charge in [-0.2, -0.15) is 0 Å². The normalized spacial score (nSPS) is 11.2. The molecule has 6 N–H and O–H groups in total. The minimum atomic E-state index is -0.668. The van der Waals surface area contributed by atoms with Crippen LogP contribution in [0.4, 0.5) is 0 Å². The number of hydrogen-bond acceptors (Lipinski definition) is 6. The lowest BCUT2D eigenvalue weighted by Gasteiger charge is -2.17. The molecule has 194 valence electrons. The van der Waals surface area contributed by atoms with Crippen molar-refractivity contribution >= 4 is 23.6 Å². The summed E-state index contributed by atoms with van der Waals surface area (Å²) in [5, 5.41) is 19.5. The third kappa shape index (κ3) is 9.28. The zero-order valence-corrected chi connectivity index (χ0v) is 20.4. The van der Waals surface area contributed by atoms with Gasteiger partial charge in [-0.25, -0.2) is 0 Å². The van der Waals surface area contributed by atoms with Crippen LogP contribution in [-0.2, 0) is 9.59 Å². The van der Waals surface area contributed by atoms with E-state index in [9.17, 15) is 29.4 Å². The number of carbonyl (C=O) groups excluding carboxylic acids is 4. The van der Waals surface area contributed by atoms with Crippen LogP contribution in [0.25, 0.3) is 0 Å². The molecule has 0 aliphatic heterocycles. The number of para-hydroxylation sites is 2. The summed E-state index contributed by atoms with van der Waals surface area (Å²) in [6.45, 7) is 2.11. The predicted molar refractivity (Wildman–Crippen MR) is 134 cm³/mol. The second-order valence-corrected chi connectivity index (χ2v) is 8.42. The van der Waals surface area contributed by atoms with E-state index in [-0.39, 0.29) is 35.5 Å². The first-order chi connectivity index (χ1) is 17.3. The maximum Gasteiger partial charge on any atom is 0.273 e. The summed E-state index contributed by atoms with van der Waals surface area (Å²) in [5.74, 6) is -3.24. The Morgan fingerprint density at radius 3 is 1.78 bits per heavy atom. The van der Waals surface area contributed by atoms with Crippen molar-refractivity contribution in [1.82, 2.24) is 21.7 Å². The fourth-order valence-corrected chi connectivity index (χ4v) is 3.58. The smallest absolute Gasteiger partial charge is 0.273 e. The summed E-state index contributed by atoms with van der Waals surface area (Å²) < 4.78 is 0. The van der Waals surface area contributed by atoms with Crippen LogP contribution < -0.4 is 21.7 Å². The average molecular weight is 499 g/mol. The Kier molecular flexibility index (Phi) is 11.8. The molecule has 0 heterocycles. The third-order valence-electron chi connectivity index (χ3n) is 5.66. The maximum absolute atomic E-state index is 12.8. The van der Waals surface area contributed by atoms with Crippen molar-refractivity contribution in [2.24, 2.45) is 5.92 Å². The Bertz CT molecular complexity index is 1040. The highest BCUT2D eigenvalue weighted by Gasteiger charge is 2.21. The lowest BCUT2D eigenvalue weighted by molar-refractivity contribution is -0.127. The van der Waals surface area contributed by atoms with Crippen LogP contribution in [0, 0.1) is 5.92 Å². The molecule has 1 atom stereocenters. The van der Waals surface area contributed by atoms with Crippen LogP contribution in [-0.4, -0.2) is 33.8 Å². The van der Waals surface area contributed by atoms with Gasteiger partial charge >= 0.3 is 0 Å². The molecule has 0 saturated heterocycles. The van der Waals surface area contributed by atoms with Crippen molar-refractivity contribution < 1.29 is 29.4 Å². The highest BCUT2D eigenvalue weighted by molar-refractivity contribution is 5.98. The van der Waals surface area contributed by atoms with Gasteiger partial charge in [0.15, 0.2) is 0 Å². The molecule has 2 rings (SSSR count).